The highest BCUT2D eigenvalue weighted by atomic mass is 16.6. The molecule has 0 radical (unpaired) electrons. The number of primary amides is 1. The maximum atomic E-state index is 10.7. The van der Waals surface area contributed by atoms with Gasteiger partial charge in [0.25, 0.3) is 5.91 Å². The summed E-state index contributed by atoms with van der Waals surface area (Å²) in [4.78, 5) is 10.7. The van der Waals surface area contributed by atoms with Gasteiger partial charge in [-0.05, 0) is 6.92 Å². The first kappa shape index (κ1) is 9.40. The van der Waals surface area contributed by atoms with E-state index in [2.05, 4.69) is 4.74 Å². The van der Waals surface area contributed by atoms with Crippen molar-refractivity contribution in [1.82, 2.24) is 0 Å². The van der Waals surface area contributed by atoms with Crippen LogP contribution >= 0.6 is 0 Å². The Labute approximate surface area is 68.6 Å². The molecule has 0 aliphatic carbocycles. The van der Waals surface area contributed by atoms with Gasteiger partial charge in [0, 0.05) is 0 Å². The number of hydrogen-bond donors (Lipinski definition) is 4. The minimum atomic E-state index is -2.20. The summed E-state index contributed by atoms with van der Waals surface area (Å²) in [5.74, 6) is -1.11. The van der Waals surface area contributed by atoms with E-state index in [9.17, 15) is 9.90 Å². The monoisotopic (exact) mass is 177 g/mol. The van der Waals surface area contributed by atoms with Gasteiger partial charge in [0.2, 0.25) is 0 Å². The van der Waals surface area contributed by atoms with Gasteiger partial charge in [0.1, 0.15) is 6.10 Å². The zero-order chi connectivity index (χ0) is 9.52. The maximum Gasteiger partial charge on any atom is 0.255 e. The summed E-state index contributed by atoms with van der Waals surface area (Å²) >= 11 is 0. The highest BCUT2D eigenvalue weighted by molar-refractivity contribution is 5.85. The number of hydrogen-bond acceptors (Lipinski definition) is 5. The molecule has 6 nitrogen and oxygen atoms in total. The third-order valence-corrected chi connectivity index (χ3v) is 2.08. The van der Waals surface area contributed by atoms with E-state index in [1.54, 1.807) is 0 Å². The van der Waals surface area contributed by atoms with Crippen molar-refractivity contribution in [2.45, 2.75) is 31.0 Å². The molecule has 0 aromatic carbocycles. The fourth-order valence-corrected chi connectivity index (χ4v) is 1.19. The minimum Gasteiger partial charge on any atom is -0.384 e. The van der Waals surface area contributed by atoms with Crippen LogP contribution in [0, 0.1) is 0 Å². The second-order valence-electron chi connectivity index (χ2n) is 2.80. The largest absolute Gasteiger partial charge is 0.384 e. The van der Waals surface area contributed by atoms with Gasteiger partial charge >= 0.3 is 0 Å². The Kier molecular flexibility index (Phi) is 2.09. The van der Waals surface area contributed by atoms with Crippen LogP contribution in [-0.2, 0) is 9.53 Å². The Balaban J connectivity index is 2.95. The molecule has 1 fully saturated rings. The SMILES string of the molecule is C[C@H]1OC(O)[C@H](O)[C@@]1(O)C(N)=O. The summed E-state index contributed by atoms with van der Waals surface area (Å²) in [7, 11) is 0. The Morgan fingerprint density at radius 1 is 1.58 bits per heavy atom. The molecule has 6 heteroatoms. The zero-order valence-corrected chi connectivity index (χ0v) is 6.47. The van der Waals surface area contributed by atoms with Crippen LogP contribution in [0.1, 0.15) is 6.92 Å². The van der Waals surface area contributed by atoms with Crippen LogP contribution in [0.15, 0.2) is 0 Å². The van der Waals surface area contributed by atoms with E-state index >= 15 is 0 Å². The molecule has 0 saturated carbocycles. The first-order chi connectivity index (χ1) is 5.40. The Morgan fingerprint density at radius 2 is 2.08 bits per heavy atom. The van der Waals surface area contributed by atoms with Crippen molar-refractivity contribution >= 4 is 5.91 Å². The van der Waals surface area contributed by atoms with Crippen LogP contribution in [0.3, 0.4) is 0 Å². The van der Waals surface area contributed by atoms with Crippen LogP contribution < -0.4 is 5.73 Å². The standard InChI is InChI=1S/C6H11NO5/c1-2-6(11,5(7)10)3(8)4(9)12-2/h2-4,8-9,11H,1H3,(H2,7,10)/t2-,3+,4?,6-/m1/s1. The summed E-state index contributed by atoms with van der Waals surface area (Å²) in [5.41, 5.74) is 2.64. The van der Waals surface area contributed by atoms with Crippen molar-refractivity contribution in [2.24, 2.45) is 5.73 Å². The molecule has 1 heterocycles. The van der Waals surface area contributed by atoms with Gasteiger partial charge in [-0.1, -0.05) is 0 Å². The van der Waals surface area contributed by atoms with Gasteiger partial charge < -0.3 is 25.8 Å². The molecule has 0 bridgehead atoms. The molecule has 5 N–H and O–H groups in total. The fourth-order valence-electron chi connectivity index (χ4n) is 1.19. The second kappa shape index (κ2) is 2.67. The molecule has 4 atom stereocenters. The number of rotatable bonds is 1. The van der Waals surface area contributed by atoms with Gasteiger partial charge in [0.05, 0.1) is 6.10 Å². The van der Waals surface area contributed by atoms with Gasteiger partial charge in [0.15, 0.2) is 11.9 Å². The van der Waals surface area contributed by atoms with Crippen molar-refractivity contribution in [3.8, 4) is 0 Å². The highest BCUT2D eigenvalue weighted by Crippen LogP contribution is 2.29. The van der Waals surface area contributed by atoms with E-state index in [1.807, 2.05) is 0 Å². The van der Waals surface area contributed by atoms with E-state index in [0.717, 1.165) is 0 Å². The van der Waals surface area contributed by atoms with E-state index in [1.165, 1.54) is 6.92 Å². The molecule has 0 aromatic heterocycles. The molecule has 1 amide bonds. The molecule has 1 aliphatic heterocycles. The molecule has 1 aliphatic rings. The Morgan fingerprint density at radius 3 is 2.25 bits per heavy atom. The Hall–Kier alpha value is -0.690. The topological polar surface area (TPSA) is 113 Å². The molecule has 70 valence electrons. The van der Waals surface area contributed by atoms with Crippen molar-refractivity contribution in [3.63, 3.8) is 0 Å². The lowest BCUT2D eigenvalue weighted by Gasteiger charge is -2.24. The first-order valence-corrected chi connectivity index (χ1v) is 3.44. The first-order valence-electron chi connectivity index (χ1n) is 3.44. The summed E-state index contributed by atoms with van der Waals surface area (Å²) in [6.07, 6.45) is -4.28. The third kappa shape index (κ3) is 1.00. The van der Waals surface area contributed by atoms with E-state index in [4.69, 9.17) is 15.9 Å². The zero-order valence-electron chi connectivity index (χ0n) is 6.47. The normalized spacial score (nSPS) is 47.8. The molecule has 0 aromatic rings. The second-order valence-corrected chi connectivity index (χ2v) is 2.80. The molecule has 12 heavy (non-hydrogen) atoms. The predicted molar refractivity (Wildman–Crippen MR) is 36.7 cm³/mol. The van der Waals surface area contributed by atoms with Crippen molar-refractivity contribution in [3.05, 3.63) is 0 Å². The fraction of sp³-hybridized carbons (Fsp3) is 0.833. The number of aliphatic hydroxyl groups is 3. The number of carbonyl (C=O) groups excluding carboxylic acids is 1. The molecule has 1 saturated heterocycles. The average Bonchev–Trinajstić information content (AvgIpc) is 2.16. The number of ether oxygens (including phenoxy) is 1. The van der Waals surface area contributed by atoms with Crippen LogP contribution in [0.4, 0.5) is 0 Å². The number of aliphatic hydroxyl groups excluding tert-OH is 2. The van der Waals surface area contributed by atoms with Gasteiger partial charge in [-0.15, -0.1) is 0 Å². The molecule has 1 rings (SSSR count). The smallest absolute Gasteiger partial charge is 0.255 e. The van der Waals surface area contributed by atoms with Gasteiger partial charge in [-0.2, -0.15) is 0 Å². The third-order valence-electron chi connectivity index (χ3n) is 2.08. The summed E-state index contributed by atoms with van der Waals surface area (Å²) in [6.45, 7) is 1.34. The van der Waals surface area contributed by atoms with Crippen LogP contribution in [0.5, 0.6) is 0 Å². The van der Waals surface area contributed by atoms with Gasteiger partial charge in [-0.25, -0.2) is 0 Å². The minimum absolute atomic E-state index is 1.01. The lowest BCUT2D eigenvalue weighted by Crippen LogP contribution is -2.57. The van der Waals surface area contributed by atoms with E-state index < -0.39 is 30.0 Å². The highest BCUT2D eigenvalue weighted by Gasteiger charge is 2.57. The Bertz CT molecular complexity index is 208. The van der Waals surface area contributed by atoms with Crippen molar-refractivity contribution < 1.29 is 24.9 Å². The van der Waals surface area contributed by atoms with Crippen molar-refractivity contribution in [1.29, 1.82) is 0 Å². The van der Waals surface area contributed by atoms with Crippen LogP contribution in [-0.4, -0.2) is 45.3 Å². The lowest BCUT2D eigenvalue weighted by molar-refractivity contribution is -0.151. The maximum absolute atomic E-state index is 10.7. The molecular weight excluding hydrogens is 166 g/mol. The van der Waals surface area contributed by atoms with Crippen molar-refractivity contribution in [2.75, 3.05) is 0 Å². The van der Waals surface area contributed by atoms with Gasteiger partial charge in [-0.3, -0.25) is 4.79 Å². The van der Waals surface area contributed by atoms with E-state index in [0.29, 0.717) is 0 Å². The lowest BCUT2D eigenvalue weighted by atomic mass is 9.93. The van der Waals surface area contributed by atoms with Crippen LogP contribution in [0.25, 0.3) is 0 Å². The molecular formula is C6H11NO5. The summed E-state index contributed by atoms with van der Waals surface area (Å²) < 4.78 is 4.61. The van der Waals surface area contributed by atoms with Crippen LogP contribution in [0.2, 0.25) is 0 Å². The quantitative estimate of drug-likeness (QED) is 0.348. The average molecular weight is 177 g/mol. The number of carbonyl (C=O) groups is 1. The number of nitrogens with two attached hydrogens (primary N) is 1. The van der Waals surface area contributed by atoms with E-state index in [-0.39, 0.29) is 0 Å². The molecule has 0 spiro atoms. The summed E-state index contributed by atoms with van der Waals surface area (Å²) in [5, 5.41) is 27.5. The molecule has 1 unspecified atom stereocenters. The summed E-state index contributed by atoms with van der Waals surface area (Å²) in [6, 6.07) is 0. The predicted octanol–water partition coefficient (Wildman–Crippen LogP) is -2.70. The number of amides is 1.